The molecule has 0 aliphatic carbocycles. The minimum Gasteiger partial charge on any atom is -0.344 e. The molecular weight excluding hydrogens is 354 g/mol. The number of nitrogens with one attached hydrogen (secondary N) is 1. The van der Waals surface area contributed by atoms with Crippen LogP contribution in [-0.4, -0.2) is 42.2 Å². The lowest BCUT2D eigenvalue weighted by Gasteiger charge is -2.34. The maximum atomic E-state index is 3.72. The maximum absolute atomic E-state index is 3.72. The Labute approximate surface area is 177 Å². The number of rotatable bonds is 9. The van der Waals surface area contributed by atoms with Crippen LogP contribution in [0.25, 0.3) is 10.9 Å². The van der Waals surface area contributed by atoms with Gasteiger partial charge in [0.2, 0.25) is 0 Å². The molecular formula is C26H41N3. The Hall–Kier alpha value is -1.32. The van der Waals surface area contributed by atoms with E-state index in [9.17, 15) is 0 Å². The van der Waals surface area contributed by atoms with Crippen molar-refractivity contribution in [1.29, 1.82) is 0 Å². The number of nitrogens with zero attached hydrogens (tertiary/aromatic N) is 2. The zero-order valence-corrected chi connectivity index (χ0v) is 18.8. The Kier molecular flexibility index (Phi) is 7.31. The van der Waals surface area contributed by atoms with Gasteiger partial charge in [-0.15, -0.1) is 0 Å². The van der Waals surface area contributed by atoms with Crippen LogP contribution in [0, 0.1) is 11.8 Å². The molecule has 160 valence electrons. The van der Waals surface area contributed by atoms with E-state index in [2.05, 4.69) is 52.9 Å². The number of aryl methyl sites for hydroxylation is 1. The van der Waals surface area contributed by atoms with Gasteiger partial charge in [-0.2, -0.15) is 0 Å². The molecule has 3 heteroatoms. The zero-order valence-electron chi connectivity index (χ0n) is 18.8. The summed E-state index contributed by atoms with van der Waals surface area (Å²) < 4.78 is 2.59. The molecule has 0 amide bonds. The zero-order chi connectivity index (χ0) is 20.1. The first kappa shape index (κ1) is 20.9. The summed E-state index contributed by atoms with van der Waals surface area (Å²) >= 11 is 0. The molecule has 2 atom stereocenters. The van der Waals surface area contributed by atoms with Crippen molar-refractivity contribution in [2.75, 3.05) is 32.7 Å². The van der Waals surface area contributed by atoms with Crippen LogP contribution in [-0.2, 0) is 19.4 Å². The van der Waals surface area contributed by atoms with Crippen LogP contribution in [0.4, 0.5) is 0 Å². The number of likely N-dealkylation sites (tertiary alicyclic amines) is 1. The van der Waals surface area contributed by atoms with E-state index in [1.165, 1.54) is 95.0 Å². The van der Waals surface area contributed by atoms with E-state index in [-0.39, 0.29) is 0 Å². The van der Waals surface area contributed by atoms with Gasteiger partial charge in [-0.05, 0) is 88.0 Å². The monoisotopic (exact) mass is 395 g/mol. The molecule has 29 heavy (non-hydrogen) atoms. The highest BCUT2D eigenvalue weighted by molar-refractivity contribution is 5.85. The van der Waals surface area contributed by atoms with E-state index in [1.54, 1.807) is 11.3 Å². The lowest BCUT2D eigenvalue weighted by molar-refractivity contribution is 0.139. The molecule has 0 spiro atoms. The molecule has 1 aromatic carbocycles. The average Bonchev–Trinajstić information content (AvgIpc) is 3.03. The molecule has 2 unspecified atom stereocenters. The Morgan fingerprint density at radius 2 is 1.79 bits per heavy atom. The molecule has 2 aliphatic heterocycles. The number of hydrogen-bond acceptors (Lipinski definition) is 2. The van der Waals surface area contributed by atoms with Gasteiger partial charge < -0.3 is 14.8 Å². The van der Waals surface area contributed by atoms with Crippen molar-refractivity contribution in [1.82, 2.24) is 14.8 Å². The van der Waals surface area contributed by atoms with Crippen molar-refractivity contribution >= 4 is 10.9 Å². The molecule has 3 heterocycles. The van der Waals surface area contributed by atoms with Gasteiger partial charge in [-0.25, -0.2) is 0 Å². The molecule has 0 saturated carbocycles. The van der Waals surface area contributed by atoms with E-state index >= 15 is 0 Å². The summed E-state index contributed by atoms with van der Waals surface area (Å²) in [5.41, 5.74) is 4.68. The van der Waals surface area contributed by atoms with Gasteiger partial charge in [0.05, 0.1) is 0 Å². The highest BCUT2D eigenvalue weighted by Crippen LogP contribution is 2.30. The van der Waals surface area contributed by atoms with Gasteiger partial charge in [0.1, 0.15) is 0 Å². The van der Waals surface area contributed by atoms with Gasteiger partial charge in [0.15, 0.2) is 0 Å². The fourth-order valence-electron chi connectivity index (χ4n) is 5.89. The molecule has 1 N–H and O–H groups in total. The number of fused-ring (bicyclic) bond motifs is 3. The lowest BCUT2D eigenvalue weighted by atomic mass is 9.92. The predicted molar refractivity (Wildman–Crippen MR) is 125 cm³/mol. The summed E-state index contributed by atoms with van der Waals surface area (Å²) in [5, 5.41) is 5.22. The first-order valence-electron chi connectivity index (χ1n) is 12.2. The van der Waals surface area contributed by atoms with Crippen molar-refractivity contribution in [3.8, 4) is 0 Å². The number of hydrogen-bond donors (Lipinski definition) is 1. The summed E-state index contributed by atoms with van der Waals surface area (Å²) in [6.45, 7) is 12.3. The quantitative estimate of drug-likeness (QED) is 0.585. The smallest absolute Gasteiger partial charge is 0.0485 e. The summed E-state index contributed by atoms with van der Waals surface area (Å²) in [6.07, 6.45) is 10.6. The summed E-state index contributed by atoms with van der Waals surface area (Å²) in [7, 11) is 0. The third-order valence-electron chi connectivity index (χ3n) is 7.06. The van der Waals surface area contributed by atoms with Crippen molar-refractivity contribution in [2.45, 2.75) is 71.8 Å². The van der Waals surface area contributed by atoms with Crippen LogP contribution in [0.1, 0.15) is 63.6 Å². The van der Waals surface area contributed by atoms with Crippen molar-refractivity contribution in [2.24, 2.45) is 11.8 Å². The molecule has 0 bridgehead atoms. The van der Waals surface area contributed by atoms with Gasteiger partial charge in [0.25, 0.3) is 0 Å². The third kappa shape index (κ3) is 5.24. The highest BCUT2D eigenvalue weighted by Gasteiger charge is 2.21. The van der Waals surface area contributed by atoms with E-state index in [4.69, 9.17) is 0 Å². The van der Waals surface area contributed by atoms with Crippen molar-refractivity contribution in [3.05, 3.63) is 35.5 Å². The minimum atomic E-state index is 0.886. The maximum Gasteiger partial charge on any atom is 0.0485 e. The van der Waals surface area contributed by atoms with E-state index in [0.29, 0.717) is 0 Å². The van der Waals surface area contributed by atoms with Gasteiger partial charge in [-0.3, -0.25) is 0 Å². The number of benzene rings is 1. The standard InChI is InChI=1S/C26H41N3/c1-21-18-22(2)20-28(19-21)16-8-3-7-14-27-15-13-24-23-10-4-5-11-25(23)29-17-9-6-12-26(24)29/h4-5,10-11,21-22,27H,3,6-9,12-20H2,1-2H3. The second kappa shape index (κ2) is 10.1. The van der Waals surface area contributed by atoms with Crippen LogP contribution >= 0.6 is 0 Å². The Balaban J connectivity index is 1.16. The van der Waals surface area contributed by atoms with E-state index < -0.39 is 0 Å². The fourth-order valence-corrected chi connectivity index (χ4v) is 5.89. The summed E-state index contributed by atoms with van der Waals surface area (Å²) in [6, 6.07) is 9.04. The second-order valence-electron chi connectivity index (χ2n) is 9.82. The van der Waals surface area contributed by atoms with Crippen LogP contribution in [0.5, 0.6) is 0 Å². The average molecular weight is 396 g/mol. The topological polar surface area (TPSA) is 20.2 Å². The largest absolute Gasteiger partial charge is 0.344 e. The van der Waals surface area contributed by atoms with Crippen LogP contribution < -0.4 is 5.32 Å². The van der Waals surface area contributed by atoms with E-state index in [0.717, 1.165) is 18.4 Å². The third-order valence-corrected chi connectivity index (χ3v) is 7.06. The normalized spacial score (nSPS) is 22.8. The predicted octanol–water partition coefficient (Wildman–Crippen LogP) is 5.26. The first-order valence-corrected chi connectivity index (χ1v) is 12.2. The summed E-state index contributed by atoms with van der Waals surface area (Å²) in [5.74, 6) is 1.77. The lowest BCUT2D eigenvalue weighted by Crippen LogP contribution is -2.39. The Morgan fingerprint density at radius 1 is 0.966 bits per heavy atom. The first-order chi connectivity index (χ1) is 14.2. The SMILES string of the molecule is CC1CC(C)CN(CCCCCNCCc2c3n(c4ccccc24)CCCC3)C1. The molecule has 1 fully saturated rings. The molecule has 1 saturated heterocycles. The molecule has 1 aromatic heterocycles. The van der Waals surface area contributed by atoms with E-state index in [1.807, 2.05) is 0 Å². The minimum absolute atomic E-state index is 0.886. The van der Waals surface area contributed by atoms with Crippen molar-refractivity contribution < 1.29 is 0 Å². The second-order valence-corrected chi connectivity index (χ2v) is 9.82. The van der Waals surface area contributed by atoms with Crippen molar-refractivity contribution in [3.63, 3.8) is 0 Å². The molecule has 2 aromatic rings. The van der Waals surface area contributed by atoms with Gasteiger partial charge in [-0.1, -0.05) is 38.5 Å². The Morgan fingerprint density at radius 3 is 2.66 bits per heavy atom. The molecule has 4 rings (SSSR count). The van der Waals surface area contributed by atoms with Gasteiger partial charge >= 0.3 is 0 Å². The number of unbranched alkanes of at least 4 members (excludes halogenated alkanes) is 2. The fraction of sp³-hybridized carbons (Fsp3) is 0.692. The highest BCUT2D eigenvalue weighted by atomic mass is 15.1. The number of piperidine rings is 1. The van der Waals surface area contributed by atoms with Crippen LogP contribution in [0.2, 0.25) is 0 Å². The number of para-hydroxylation sites is 1. The van der Waals surface area contributed by atoms with Crippen LogP contribution in [0.15, 0.2) is 24.3 Å². The summed E-state index contributed by atoms with van der Waals surface area (Å²) in [4.78, 5) is 2.70. The molecule has 2 aliphatic rings. The number of aromatic nitrogens is 1. The Bertz CT molecular complexity index is 768. The van der Waals surface area contributed by atoms with Gasteiger partial charge in [0, 0.05) is 36.2 Å². The molecule has 0 radical (unpaired) electrons. The molecule has 3 nitrogen and oxygen atoms in total. The van der Waals surface area contributed by atoms with Crippen LogP contribution in [0.3, 0.4) is 0 Å².